The number of nitrogens with zero attached hydrogens (tertiary/aromatic N) is 3. The SMILES string of the molecule is CCc1nc(-c2cc(S(=O)(=O)N3CCC[C@H](C(=O)NC4CCCCCC4)C3)c(C)s2)no1. The van der Waals surface area contributed by atoms with E-state index in [1.165, 1.54) is 28.5 Å². The van der Waals surface area contributed by atoms with E-state index in [0.717, 1.165) is 32.1 Å². The van der Waals surface area contributed by atoms with E-state index >= 15 is 0 Å². The minimum absolute atomic E-state index is 0.00146. The molecule has 1 amide bonds. The van der Waals surface area contributed by atoms with E-state index in [-0.39, 0.29) is 29.3 Å². The van der Waals surface area contributed by atoms with Gasteiger partial charge in [0.1, 0.15) is 0 Å². The summed E-state index contributed by atoms with van der Waals surface area (Å²) in [6, 6.07) is 1.86. The summed E-state index contributed by atoms with van der Waals surface area (Å²) in [4.78, 5) is 18.9. The summed E-state index contributed by atoms with van der Waals surface area (Å²) in [5, 5.41) is 7.17. The fraction of sp³-hybridized carbons (Fsp3) is 0.682. The van der Waals surface area contributed by atoms with E-state index in [4.69, 9.17) is 4.52 Å². The number of carbonyl (C=O) groups is 1. The molecule has 1 saturated heterocycles. The van der Waals surface area contributed by atoms with Crippen molar-refractivity contribution in [3.05, 3.63) is 16.8 Å². The molecule has 1 saturated carbocycles. The zero-order valence-electron chi connectivity index (χ0n) is 18.8. The number of hydrogen-bond acceptors (Lipinski definition) is 7. The number of carbonyl (C=O) groups excluding carboxylic acids is 1. The van der Waals surface area contributed by atoms with Crippen molar-refractivity contribution < 1.29 is 17.7 Å². The van der Waals surface area contributed by atoms with Crippen LogP contribution in [0.1, 0.15) is 69.1 Å². The molecule has 0 radical (unpaired) electrons. The molecule has 0 unspecified atom stereocenters. The van der Waals surface area contributed by atoms with Crippen LogP contribution in [0.15, 0.2) is 15.5 Å². The zero-order chi connectivity index (χ0) is 22.7. The first-order chi connectivity index (χ1) is 15.4. The normalized spacial score (nSPS) is 21.4. The van der Waals surface area contributed by atoms with Crippen molar-refractivity contribution in [1.82, 2.24) is 19.8 Å². The van der Waals surface area contributed by atoms with Gasteiger partial charge in [-0.1, -0.05) is 37.8 Å². The number of piperidine rings is 1. The molecule has 1 atom stereocenters. The van der Waals surface area contributed by atoms with E-state index in [1.54, 1.807) is 13.0 Å². The molecule has 0 spiro atoms. The van der Waals surface area contributed by atoms with Gasteiger partial charge in [-0.3, -0.25) is 4.79 Å². The predicted molar refractivity (Wildman–Crippen MR) is 123 cm³/mol. The lowest BCUT2D eigenvalue weighted by molar-refractivity contribution is -0.126. The summed E-state index contributed by atoms with van der Waals surface area (Å²) < 4.78 is 33.6. The summed E-state index contributed by atoms with van der Waals surface area (Å²) in [5.41, 5.74) is 0. The van der Waals surface area contributed by atoms with Crippen molar-refractivity contribution in [3.8, 4) is 10.7 Å². The molecule has 2 aliphatic rings. The minimum atomic E-state index is -3.71. The molecular formula is C22H32N4O4S2. The third kappa shape index (κ3) is 5.07. The molecule has 8 nitrogen and oxygen atoms in total. The van der Waals surface area contributed by atoms with Crippen LogP contribution in [0.3, 0.4) is 0 Å². The Balaban J connectivity index is 1.47. The molecule has 176 valence electrons. The van der Waals surface area contributed by atoms with Crippen LogP contribution in [0.4, 0.5) is 0 Å². The van der Waals surface area contributed by atoms with E-state index < -0.39 is 10.0 Å². The maximum Gasteiger partial charge on any atom is 0.244 e. The zero-order valence-corrected chi connectivity index (χ0v) is 20.4. The summed E-state index contributed by atoms with van der Waals surface area (Å²) >= 11 is 1.34. The maximum atomic E-state index is 13.5. The van der Waals surface area contributed by atoms with Gasteiger partial charge in [-0.15, -0.1) is 11.3 Å². The van der Waals surface area contributed by atoms with Crippen LogP contribution in [0.5, 0.6) is 0 Å². The average Bonchev–Trinajstić information content (AvgIpc) is 3.34. The molecule has 1 aliphatic heterocycles. The highest BCUT2D eigenvalue weighted by atomic mass is 32.2. The highest BCUT2D eigenvalue weighted by Gasteiger charge is 2.35. The van der Waals surface area contributed by atoms with E-state index in [0.29, 0.717) is 40.9 Å². The van der Waals surface area contributed by atoms with E-state index in [1.807, 2.05) is 6.92 Å². The molecule has 10 heteroatoms. The van der Waals surface area contributed by atoms with Crippen LogP contribution in [0.25, 0.3) is 10.7 Å². The standard InChI is InChI=1S/C22H32N4O4S2/c1-3-20-24-21(25-30-20)18-13-19(15(2)31-18)32(28,29)26-12-8-9-16(14-26)22(27)23-17-10-6-4-5-7-11-17/h13,16-17H,3-12,14H2,1-2H3,(H,23,27)/t16-/m0/s1. The molecule has 2 aromatic rings. The van der Waals surface area contributed by atoms with Gasteiger partial charge in [-0.25, -0.2) is 8.42 Å². The summed E-state index contributed by atoms with van der Waals surface area (Å²) in [6.45, 7) is 4.38. The van der Waals surface area contributed by atoms with Gasteiger partial charge in [-0.2, -0.15) is 9.29 Å². The molecule has 32 heavy (non-hydrogen) atoms. The first-order valence-electron chi connectivity index (χ1n) is 11.6. The lowest BCUT2D eigenvalue weighted by atomic mass is 9.97. The highest BCUT2D eigenvalue weighted by molar-refractivity contribution is 7.89. The van der Waals surface area contributed by atoms with Crippen LogP contribution >= 0.6 is 11.3 Å². The Bertz CT molecular complexity index is 1040. The summed E-state index contributed by atoms with van der Waals surface area (Å²) in [6.07, 6.45) is 8.83. The highest BCUT2D eigenvalue weighted by Crippen LogP contribution is 2.35. The number of amides is 1. The van der Waals surface area contributed by atoms with Gasteiger partial charge in [0, 0.05) is 30.4 Å². The Morgan fingerprint density at radius 1 is 1.22 bits per heavy atom. The number of rotatable bonds is 6. The Labute approximate surface area is 193 Å². The minimum Gasteiger partial charge on any atom is -0.353 e. The Kier molecular flexibility index (Phi) is 7.31. The van der Waals surface area contributed by atoms with Crippen LogP contribution < -0.4 is 5.32 Å². The molecule has 2 aromatic heterocycles. The van der Waals surface area contributed by atoms with Gasteiger partial charge in [-0.05, 0) is 38.7 Å². The van der Waals surface area contributed by atoms with Crippen LogP contribution in [0.2, 0.25) is 0 Å². The van der Waals surface area contributed by atoms with Gasteiger partial charge in [0.15, 0.2) is 0 Å². The molecule has 4 rings (SSSR count). The van der Waals surface area contributed by atoms with Gasteiger partial charge in [0.25, 0.3) is 0 Å². The largest absolute Gasteiger partial charge is 0.353 e. The molecule has 1 N–H and O–H groups in total. The molecular weight excluding hydrogens is 448 g/mol. The fourth-order valence-electron chi connectivity index (χ4n) is 4.59. The number of hydrogen-bond donors (Lipinski definition) is 1. The smallest absolute Gasteiger partial charge is 0.244 e. The van der Waals surface area contributed by atoms with Gasteiger partial charge in [0.05, 0.1) is 15.7 Å². The Morgan fingerprint density at radius 2 is 1.97 bits per heavy atom. The first-order valence-corrected chi connectivity index (χ1v) is 13.9. The van der Waals surface area contributed by atoms with Crippen molar-refractivity contribution in [3.63, 3.8) is 0 Å². The summed E-state index contributed by atoms with van der Waals surface area (Å²) in [7, 11) is -3.71. The van der Waals surface area contributed by atoms with Gasteiger partial charge >= 0.3 is 0 Å². The van der Waals surface area contributed by atoms with Crippen LogP contribution in [0, 0.1) is 12.8 Å². The average molecular weight is 481 g/mol. The predicted octanol–water partition coefficient (Wildman–Crippen LogP) is 3.91. The molecule has 2 fully saturated rings. The van der Waals surface area contributed by atoms with Crippen molar-refractivity contribution in [1.29, 1.82) is 0 Å². The molecule has 1 aliphatic carbocycles. The number of nitrogens with one attached hydrogen (secondary N) is 1. The lowest BCUT2D eigenvalue weighted by Crippen LogP contribution is -2.47. The van der Waals surface area contributed by atoms with E-state index in [2.05, 4.69) is 15.5 Å². The van der Waals surface area contributed by atoms with E-state index in [9.17, 15) is 13.2 Å². The van der Waals surface area contributed by atoms with Crippen molar-refractivity contribution in [2.45, 2.75) is 82.6 Å². The second-order valence-corrected chi connectivity index (χ2v) is 12.0. The van der Waals surface area contributed by atoms with Gasteiger partial charge < -0.3 is 9.84 Å². The third-order valence-electron chi connectivity index (χ3n) is 6.44. The first kappa shape index (κ1) is 23.4. The number of aryl methyl sites for hydroxylation is 2. The van der Waals surface area contributed by atoms with Crippen LogP contribution in [-0.4, -0.2) is 47.9 Å². The van der Waals surface area contributed by atoms with Crippen molar-refractivity contribution in [2.24, 2.45) is 5.92 Å². The fourth-order valence-corrected chi connectivity index (χ4v) is 7.60. The Hall–Kier alpha value is -1.78. The lowest BCUT2D eigenvalue weighted by Gasteiger charge is -2.32. The quantitative estimate of drug-likeness (QED) is 0.629. The third-order valence-corrected chi connectivity index (χ3v) is 9.60. The number of thiophene rings is 1. The monoisotopic (exact) mass is 480 g/mol. The van der Waals surface area contributed by atoms with Crippen LogP contribution in [-0.2, 0) is 21.2 Å². The van der Waals surface area contributed by atoms with Gasteiger partial charge in [0.2, 0.25) is 27.6 Å². The van der Waals surface area contributed by atoms with Crippen molar-refractivity contribution >= 4 is 27.3 Å². The second kappa shape index (κ2) is 10.0. The molecule has 3 heterocycles. The maximum absolute atomic E-state index is 13.5. The number of aromatic nitrogens is 2. The van der Waals surface area contributed by atoms with Crippen molar-refractivity contribution in [2.75, 3.05) is 13.1 Å². The number of sulfonamides is 1. The Morgan fingerprint density at radius 3 is 2.66 bits per heavy atom. The topological polar surface area (TPSA) is 105 Å². The molecule has 0 bridgehead atoms. The molecule has 0 aromatic carbocycles. The second-order valence-electron chi connectivity index (χ2n) is 8.80. The summed E-state index contributed by atoms with van der Waals surface area (Å²) in [5.74, 6) is 0.632.